The molecule has 1 aliphatic rings. The van der Waals surface area contributed by atoms with Crippen LogP contribution in [0, 0.1) is 5.92 Å². The first-order valence-corrected chi connectivity index (χ1v) is 15.8. The lowest BCUT2D eigenvalue weighted by Crippen LogP contribution is -2.38. The first-order chi connectivity index (χ1) is 21.2. The Bertz CT molecular complexity index is 1380. The van der Waals surface area contributed by atoms with Gasteiger partial charge in [0.1, 0.15) is 0 Å². The summed E-state index contributed by atoms with van der Waals surface area (Å²) in [7, 11) is 0. The zero-order valence-corrected chi connectivity index (χ0v) is 25.8. The molecule has 10 heteroatoms. The molecule has 0 aliphatic carbocycles. The topological polar surface area (TPSA) is 134 Å². The highest BCUT2D eigenvalue weighted by atomic mass is 32.2. The molecule has 44 heavy (non-hydrogen) atoms. The average molecular weight is 621 g/mol. The quantitative estimate of drug-likeness (QED) is 0.126. The lowest BCUT2D eigenvalue weighted by Gasteiger charge is -2.41. The van der Waals surface area contributed by atoms with Crippen LogP contribution >= 0.6 is 11.8 Å². The van der Waals surface area contributed by atoms with Gasteiger partial charge in [0.2, 0.25) is 11.8 Å². The van der Waals surface area contributed by atoms with Crippen LogP contribution in [-0.4, -0.2) is 46.4 Å². The summed E-state index contributed by atoms with van der Waals surface area (Å²) in [5.74, 6) is -0.416. The van der Waals surface area contributed by atoms with Gasteiger partial charge >= 0.3 is 5.97 Å². The van der Waals surface area contributed by atoms with E-state index in [2.05, 4.69) is 17.6 Å². The fraction of sp³-hybridized carbons (Fsp3) is 0.382. The van der Waals surface area contributed by atoms with Crippen molar-refractivity contribution < 1.29 is 34.1 Å². The minimum Gasteiger partial charge on any atom is -0.478 e. The second-order valence-electron chi connectivity index (χ2n) is 10.9. The number of thioether (sulfide) groups is 1. The number of carbonyl (C=O) groups excluding carboxylic acids is 2. The first kappa shape index (κ1) is 33.2. The summed E-state index contributed by atoms with van der Waals surface area (Å²) >= 11 is 1.60. The lowest BCUT2D eigenvalue weighted by atomic mass is 9.91. The number of unbranched alkanes of at least 4 members (excludes halogenated alkanes) is 2. The molecule has 0 aromatic heterocycles. The molecular formula is C34H40N2O7S. The van der Waals surface area contributed by atoms with Crippen LogP contribution in [0.25, 0.3) is 0 Å². The number of anilines is 1. The van der Waals surface area contributed by atoms with Crippen molar-refractivity contribution in [3.63, 3.8) is 0 Å². The minimum absolute atomic E-state index is 0.00817. The smallest absolute Gasteiger partial charge is 0.335 e. The van der Waals surface area contributed by atoms with E-state index in [-0.39, 0.29) is 42.1 Å². The summed E-state index contributed by atoms with van der Waals surface area (Å²) in [4.78, 5) is 35.5. The van der Waals surface area contributed by atoms with Gasteiger partial charge in [-0.05, 0) is 60.4 Å². The monoisotopic (exact) mass is 620 g/mol. The van der Waals surface area contributed by atoms with Gasteiger partial charge in [0.15, 0.2) is 6.29 Å². The van der Waals surface area contributed by atoms with Crippen LogP contribution in [0.3, 0.4) is 0 Å². The van der Waals surface area contributed by atoms with E-state index in [4.69, 9.17) is 9.47 Å². The molecule has 234 valence electrons. The molecule has 1 aliphatic heterocycles. The van der Waals surface area contributed by atoms with Crippen LogP contribution in [-0.2, 0) is 25.7 Å². The van der Waals surface area contributed by atoms with Gasteiger partial charge in [0.05, 0.1) is 24.4 Å². The van der Waals surface area contributed by atoms with E-state index in [1.54, 1.807) is 36.0 Å². The molecule has 1 fully saturated rings. The van der Waals surface area contributed by atoms with Crippen LogP contribution in [0.4, 0.5) is 5.69 Å². The van der Waals surface area contributed by atoms with Crippen molar-refractivity contribution in [2.75, 3.05) is 17.6 Å². The number of aliphatic hydroxyl groups excluding tert-OH is 1. The molecule has 0 radical (unpaired) electrons. The second kappa shape index (κ2) is 16.4. The first-order valence-electron chi connectivity index (χ1n) is 14.8. The predicted octanol–water partition coefficient (Wildman–Crippen LogP) is 6.10. The van der Waals surface area contributed by atoms with E-state index in [1.807, 2.05) is 48.5 Å². The van der Waals surface area contributed by atoms with E-state index in [0.717, 1.165) is 40.8 Å². The summed E-state index contributed by atoms with van der Waals surface area (Å²) in [5.41, 5.74) is 3.57. The highest BCUT2D eigenvalue weighted by Gasteiger charge is 2.38. The Morgan fingerprint density at radius 2 is 1.55 bits per heavy atom. The van der Waals surface area contributed by atoms with Crippen LogP contribution in [0.5, 0.6) is 0 Å². The molecular weight excluding hydrogens is 580 g/mol. The largest absolute Gasteiger partial charge is 0.478 e. The average Bonchev–Trinajstić information content (AvgIpc) is 3.02. The number of hydrogen-bond donors (Lipinski definition) is 4. The summed E-state index contributed by atoms with van der Waals surface area (Å²) in [6.45, 7) is 4.18. The fourth-order valence-corrected chi connectivity index (χ4v) is 6.05. The SMILES string of the molecule is CC(=O)NCCCCCC(=O)Nc1ccc([C@H]2O[C@@H](CSc3ccc(C(=O)O)cc3)[C@@H](C)[C@@H](c3ccc(CO)cc3)O2)cc1. The Morgan fingerprint density at radius 3 is 2.18 bits per heavy atom. The number of hydrogen-bond acceptors (Lipinski definition) is 7. The maximum absolute atomic E-state index is 12.4. The molecule has 0 saturated carbocycles. The molecule has 1 saturated heterocycles. The number of ether oxygens (including phenoxy) is 2. The van der Waals surface area contributed by atoms with Crippen molar-refractivity contribution in [3.8, 4) is 0 Å². The van der Waals surface area contributed by atoms with Gasteiger partial charge in [-0.1, -0.05) is 49.7 Å². The molecule has 4 atom stereocenters. The van der Waals surface area contributed by atoms with Crippen molar-refractivity contribution in [2.45, 2.75) is 69.5 Å². The van der Waals surface area contributed by atoms with E-state index in [9.17, 15) is 24.6 Å². The van der Waals surface area contributed by atoms with Gasteiger partial charge in [0.25, 0.3) is 0 Å². The zero-order valence-electron chi connectivity index (χ0n) is 25.0. The molecule has 1 heterocycles. The van der Waals surface area contributed by atoms with E-state index < -0.39 is 12.3 Å². The number of benzene rings is 3. The zero-order chi connectivity index (χ0) is 31.5. The molecule has 0 spiro atoms. The highest BCUT2D eigenvalue weighted by molar-refractivity contribution is 7.99. The van der Waals surface area contributed by atoms with Crippen molar-refractivity contribution in [1.29, 1.82) is 0 Å². The molecule has 2 amide bonds. The summed E-state index contributed by atoms with van der Waals surface area (Å²) < 4.78 is 13.0. The molecule has 0 unspecified atom stereocenters. The van der Waals surface area contributed by atoms with Gasteiger partial charge < -0.3 is 30.3 Å². The van der Waals surface area contributed by atoms with Gasteiger partial charge in [-0.2, -0.15) is 0 Å². The third-order valence-electron chi connectivity index (χ3n) is 7.56. The number of aromatic carboxylic acids is 1. The molecule has 0 bridgehead atoms. The Labute approximate surface area is 262 Å². The predicted molar refractivity (Wildman–Crippen MR) is 169 cm³/mol. The van der Waals surface area contributed by atoms with Gasteiger partial charge in [-0.25, -0.2) is 4.79 Å². The number of carboxylic acid groups (broad SMARTS) is 1. The number of carbonyl (C=O) groups is 3. The number of nitrogens with one attached hydrogen (secondary N) is 2. The molecule has 3 aromatic carbocycles. The van der Waals surface area contributed by atoms with E-state index >= 15 is 0 Å². The number of aliphatic hydroxyl groups is 1. The van der Waals surface area contributed by atoms with Crippen molar-refractivity contribution in [1.82, 2.24) is 5.32 Å². The van der Waals surface area contributed by atoms with E-state index in [0.29, 0.717) is 24.4 Å². The Hall–Kier alpha value is -3.70. The fourth-order valence-electron chi connectivity index (χ4n) is 4.98. The third kappa shape index (κ3) is 9.65. The standard InChI is InChI=1S/C34H40N2O7S/c1-22-30(21-44-29-17-13-26(14-18-29)33(40)41)42-34(43-32(22)25-9-7-24(20-37)8-10-25)27-11-15-28(16-12-27)36-31(39)6-4-3-5-19-35-23(2)38/h7-18,22,30,32,34,37H,3-6,19-21H2,1-2H3,(H,35,38)(H,36,39)(H,40,41)/t22-,30+,32+,34+/m1/s1. The van der Waals surface area contributed by atoms with Crippen LogP contribution in [0.15, 0.2) is 77.7 Å². The summed E-state index contributed by atoms with van der Waals surface area (Å²) in [6.07, 6.45) is 1.78. The third-order valence-corrected chi connectivity index (χ3v) is 8.66. The van der Waals surface area contributed by atoms with Crippen LogP contribution in [0.2, 0.25) is 0 Å². The molecule has 4 N–H and O–H groups in total. The Morgan fingerprint density at radius 1 is 0.864 bits per heavy atom. The van der Waals surface area contributed by atoms with Gasteiger partial charge in [0, 0.05) is 47.7 Å². The minimum atomic E-state index is -0.957. The lowest BCUT2D eigenvalue weighted by molar-refractivity contribution is -0.268. The van der Waals surface area contributed by atoms with Crippen molar-refractivity contribution in [2.24, 2.45) is 5.92 Å². The van der Waals surface area contributed by atoms with E-state index in [1.165, 1.54) is 6.92 Å². The maximum atomic E-state index is 12.4. The van der Waals surface area contributed by atoms with Crippen LogP contribution < -0.4 is 10.6 Å². The van der Waals surface area contributed by atoms with Gasteiger partial charge in [-0.15, -0.1) is 11.8 Å². The molecule has 3 aromatic rings. The molecule has 4 rings (SSSR count). The van der Waals surface area contributed by atoms with Crippen molar-refractivity contribution in [3.05, 3.63) is 95.1 Å². The Balaban J connectivity index is 1.40. The summed E-state index contributed by atoms with van der Waals surface area (Å²) in [5, 5.41) is 24.4. The normalized spacial score (nSPS) is 19.7. The number of amides is 2. The van der Waals surface area contributed by atoms with Gasteiger partial charge in [-0.3, -0.25) is 9.59 Å². The number of rotatable bonds is 14. The maximum Gasteiger partial charge on any atom is 0.335 e. The number of carboxylic acids is 1. The Kier molecular flexibility index (Phi) is 12.4. The second-order valence-corrected chi connectivity index (χ2v) is 12.0. The van der Waals surface area contributed by atoms with Crippen molar-refractivity contribution >= 4 is 35.2 Å². The highest BCUT2D eigenvalue weighted by Crippen LogP contribution is 2.43. The molecule has 9 nitrogen and oxygen atoms in total. The summed E-state index contributed by atoms with van der Waals surface area (Å²) in [6, 6.07) is 22.0. The van der Waals surface area contributed by atoms with Crippen LogP contribution in [0.1, 0.15) is 79.0 Å².